The lowest BCUT2D eigenvalue weighted by Crippen LogP contribution is -2.48. The number of hydrogen-bond donors (Lipinski definition) is 2. The summed E-state index contributed by atoms with van der Waals surface area (Å²) in [6.07, 6.45) is 5.51. The van der Waals surface area contributed by atoms with E-state index in [0.717, 1.165) is 43.9 Å². The summed E-state index contributed by atoms with van der Waals surface area (Å²) in [5.41, 5.74) is 0. The maximum atomic E-state index is 6.26. The molecule has 8 heteroatoms. The minimum Gasteiger partial charge on any atom is -0.355 e. The van der Waals surface area contributed by atoms with Gasteiger partial charge >= 0.3 is 0 Å². The molecule has 0 amide bonds. The molecule has 26 heavy (non-hydrogen) atoms. The molecular formula is C18H30ClIN6. The highest BCUT2D eigenvalue weighted by Gasteiger charge is 2.29. The number of aliphatic imine (C=N–C) groups is 1. The second-order valence-corrected chi connectivity index (χ2v) is 7.49. The average Bonchev–Trinajstić information content (AvgIpc) is 3.37. The van der Waals surface area contributed by atoms with E-state index in [2.05, 4.69) is 44.4 Å². The van der Waals surface area contributed by atoms with Gasteiger partial charge < -0.3 is 15.5 Å². The number of hydrogen-bond acceptors (Lipinski definition) is 4. The Hall–Kier alpha value is -0.800. The van der Waals surface area contributed by atoms with Gasteiger partial charge in [0.2, 0.25) is 0 Å². The summed E-state index contributed by atoms with van der Waals surface area (Å²) in [4.78, 5) is 13.5. The Kier molecular flexibility index (Phi) is 8.22. The Morgan fingerprint density at radius 2 is 2.23 bits per heavy atom. The molecule has 1 aliphatic heterocycles. The first-order chi connectivity index (χ1) is 12.1. The Morgan fingerprint density at radius 1 is 1.46 bits per heavy atom. The number of nitrogens with one attached hydrogen (secondary N) is 2. The van der Waals surface area contributed by atoms with Crippen molar-refractivity contribution in [1.29, 1.82) is 0 Å². The second-order valence-electron chi connectivity index (χ2n) is 7.08. The van der Waals surface area contributed by atoms with Gasteiger partial charge in [0, 0.05) is 51.0 Å². The topological polar surface area (TPSA) is 55.8 Å². The van der Waals surface area contributed by atoms with E-state index in [9.17, 15) is 0 Å². The van der Waals surface area contributed by atoms with Gasteiger partial charge in [0.1, 0.15) is 5.82 Å². The molecular weight excluding hydrogens is 463 g/mol. The largest absolute Gasteiger partial charge is 0.355 e. The lowest BCUT2D eigenvalue weighted by Gasteiger charge is -2.26. The second kappa shape index (κ2) is 9.94. The third kappa shape index (κ3) is 5.60. The van der Waals surface area contributed by atoms with Gasteiger partial charge in [0.15, 0.2) is 5.96 Å². The lowest BCUT2D eigenvalue weighted by molar-refractivity contribution is 0.247. The molecule has 0 bridgehead atoms. The Bertz CT molecular complexity index is 609. The van der Waals surface area contributed by atoms with Gasteiger partial charge in [-0.15, -0.1) is 24.0 Å². The van der Waals surface area contributed by atoms with Crippen molar-refractivity contribution in [3.8, 4) is 0 Å². The van der Waals surface area contributed by atoms with E-state index in [1.165, 1.54) is 12.8 Å². The molecule has 0 radical (unpaired) electrons. The molecule has 1 aromatic heterocycles. The smallest absolute Gasteiger partial charge is 0.191 e. The first-order valence-electron chi connectivity index (χ1n) is 9.13. The highest BCUT2D eigenvalue weighted by molar-refractivity contribution is 14.0. The summed E-state index contributed by atoms with van der Waals surface area (Å²) >= 11 is 6.26. The van der Waals surface area contributed by atoms with Crippen LogP contribution < -0.4 is 15.5 Å². The standard InChI is InChI=1S/C18H29ClN6.HI/c1-13(24(3)15-6-7-15)11-22-18(20-2)23-14-8-10-25(12-14)17-16(19)5-4-9-21-17;/h4-5,9,13-15H,6-8,10-12H2,1-3H3,(H2,20,22,23);1H. The maximum Gasteiger partial charge on any atom is 0.191 e. The number of nitrogens with zero attached hydrogens (tertiary/aromatic N) is 4. The Labute approximate surface area is 178 Å². The Morgan fingerprint density at radius 3 is 2.88 bits per heavy atom. The molecule has 2 fully saturated rings. The lowest BCUT2D eigenvalue weighted by atomic mass is 10.2. The molecule has 6 nitrogen and oxygen atoms in total. The van der Waals surface area contributed by atoms with Crippen molar-refractivity contribution < 1.29 is 0 Å². The fourth-order valence-electron chi connectivity index (χ4n) is 3.30. The molecule has 2 unspecified atom stereocenters. The molecule has 0 aromatic carbocycles. The maximum absolute atomic E-state index is 6.26. The normalized spacial score (nSPS) is 21.5. The third-order valence-electron chi connectivity index (χ3n) is 5.17. The van der Waals surface area contributed by atoms with Crippen LogP contribution in [0.1, 0.15) is 26.2 Å². The van der Waals surface area contributed by atoms with E-state index in [-0.39, 0.29) is 24.0 Å². The zero-order chi connectivity index (χ0) is 17.8. The summed E-state index contributed by atoms with van der Waals surface area (Å²) in [7, 11) is 4.04. The predicted octanol–water partition coefficient (Wildman–Crippen LogP) is 2.58. The molecule has 2 N–H and O–H groups in total. The predicted molar refractivity (Wildman–Crippen MR) is 120 cm³/mol. The third-order valence-corrected chi connectivity index (χ3v) is 5.47. The van der Waals surface area contributed by atoms with Crippen LogP contribution in [0.2, 0.25) is 5.02 Å². The van der Waals surface area contributed by atoms with Crippen LogP contribution in [0.25, 0.3) is 0 Å². The first kappa shape index (κ1) is 21.5. The van der Waals surface area contributed by atoms with Gasteiger partial charge in [-0.25, -0.2) is 4.98 Å². The number of likely N-dealkylation sites (N-methyl/N-ethyl adjacent to an activating group) is 1. The van der Waals surface area contributed by atoms with Crippen molar-refractivity contribution in [1.82, 2.24) is 20.5 Å². The fraction of sp³-hybridized carbons (Fsp3) is 0.667. The summed E-state index contributed by atoms with van der Waals surface area (Å²) < 4.78 is 0. The number of pyridine rings is 1. The van der Waals surface area contributed by atoms with Crippen molar-refractivity contribution in [3.05, 3.63) is 23.4 Å². The molecule has 3 rings (SSSR count). The number of guanidine groups is 1. The van der Waals surface area contributed by atoms with Crippen LogP contribution in [-0.2, 0) is 0 Å². The highest BCUT2D eigenvalue weighted by atomic mass is 127. The molecule has 2 heterocycles. The molecule has 2 aliphatic rings. The van der Waals surface area contributed by atoms with Crippen LogP contribution in [-0.4, -0.2) is 67.7 Å². The summed E-state index contributed by atoms with van der Waals surface area (Å²) in [5, 5.41) is 7.71. The summed E-state index contributed by atoms with van der Waals surface area (Å²) in [6, 6.07) is 5.38. The van der Waals surface area contributed by atoms with Crippen LogP contribution in [0, 0.1) is 0 Å². The SMILES string of the molecule is CN=C(NCC(C)N(C)C1CC1)NC1CCN(c2ncccc2Cl)C1.I. The fourth-order valence-corrected chi connectivity index (χ4v) is 3.54. The van der Waals surface area contributed by atoms with E-state index in [4.69, 9.17) is 11.6 Å². The average molecular weight is 493 g/mol. The summed E-state index contributed by atoms with van der Waals surface area (Å²) in [6.45, 7) is 5.00. The van der Waals surface area contributed by atoms with E-state index in [1.807, 2.05) is 19.2 Å². The zero-order valence-corrected chi connectivity index (χ0v) is 18.9. The molecule has 1 saturated heterocycles. The van der Waals surface area contributed by atoms with Crippen LogP contribution >= 0.6 is 35.6 Å². The molecule has 2 atom stereocenters. The number of halogens is 2. The monoisotopic (exact) mass is 492 g/mol. The molecule has 1 aromatic rings. The van der Waals surface area contributed by atoms with E-state index >= 15 is 0 Å². The molecule has 146 valence electrons. The van der Waals surface area contributed by atoms with E-state index in [1.54, 1.807) is 6.20 Å². The van der Waals surface area contributed by atoms with Crippen molar-refractivity contribution in [2.24, 2.45) is 4.99 Å². The van der Waals surface area contributed by atoms with Crippen LogP contribution in [0.3, 0.4) is 0 Å². The van der Waals surface area contributed by atoms with E-state index in [0.29, 0.717) is 17.1 Å². The van der Waals surface area contributed by atoms with Crippen LogP contribution in [0.4, 0.5) is 5.82 Å². The minimum atomic E-state index is 0. The van der Waals surface area contributed by atoms with Crippen molar-refractivity contribution in [2.45, 2.75) is 44.3 Å². The van der Waals surface area contributed by atoms with Gasteiger partial charge in [-0.1, -0.05) is 11.6 Å². The van der Waals surface area contributed by atoms with Crippen molar-refractivity contribution in [2.75, 3.05) is 38.6 Å². The van der Waals surface area contributed by atoms with Crippen LogP contribution in [0.15, 0.2) is 23.3 Å². The Balaban J connectivity index is 0.00000243. The first-order valence-corrected chi connectivity index (χ1v) is 9.51. The van der Waals surface area contributed by atoms with Crippen LogP contribution in [0.5, 0.6) is 0 Å². The minimum absolute atomic E-state index is 0. The zero-order valence-electron chi connectivity index (χ0n) is 15.8. The molecule has 1 aliphatic carbocycles. The quantitative estimate of drug-likeness (QED) is 0.363. The van der Waals surface area contributed by atoms with Gasteiger partial charge in [-0.2, -0.15) is 0 Å². The number of rotatable bonds is 6. The van der Waals surface area contributed by atoms with Crippen molar-refractivity contribution >= 4 is 47.4 Å². The van der Waals surface area contributed by atoms with Crippen molar-refractivity contribution in [3.63, 3.8) is 0 Å². The molecule has 1 saturated carbocycles. The van der Waals surface area contributed by atoms with Gasteiger partial charge in [0.25, 0.3) is 0 Å². The summed E-state index contributed by atoms with van der Waals surface area (Å²) in [5.74, 6) is 1.74. The highest BCUT2D eigenvalue weighted by Crippen LogP contribution is 2.27. The number of anilines is 1. The van der Waals surface area contributed by atoms with Gasteiger partial charge in [-0.3, -0.25) is 9.89 Å². The molecule has 0 spiro atoms. The van der Waals surface area contributed by atoms with Gasteiger partial charge in [0.05, 0.1) is 5.02 Å². The van der Waals surface area contributed by atoms with E-state index < -0.39 is 0 Å². The number of aromatic nitrogens is 1. The van der Waals surface area contributed by atoms with Gasteiger partial charge in [-0.05, 0) is 45.4 Å².